The van der Waals surface area contributed by atoms with Gasteiger partial charge in [-0.2, -0.15) is 4.68 Å². The number of hydrogen-bond donors (Lipinski definition) is 0. The lowest BCUT2D eigenvalue weighted by molar-refractivity contribution is -0.144. The number of aromatic nitrogens is 4. The SMILES string of the molecule is Cc1ccc(CC(=O)OCc2nnnn2-c2c(C)cccc2C)s1. The van der Waals surface area contributed by atoms with E-state index in [0.29, 0.717) is 5.82 Å². The third kappa shape index (κ3) is 3.51. The third-order valence-electron chi connectivity index (χ3n) is 3.66. The van der Waals surface area contributed by atoms with Crippen molar-refractivity contribution in [2.45, 2.75) is 33.8 Å². The second kappa shape index (κ2) is 6.92. The predicted octanol–water partition coefficient (Wildman–Crippen LogP) is 2.93. The lowest BCUT2D eigenvalue weighted by Gasteiger charge is -2.11. The number of para-hydroxylation sites is 1. The summed E-state index contributed by atoms with van der Waals surface area (Å²) in [7, 11) is 0. The van der Waals surface area contributed by atoms with Crippen LogP contribution in [-0.2, 0) is 22.6 Å². The van der Waals surface area contributed by atoms with Gasteiger partial charge in [0, 0.05) is 9.75 Å². The largest absolute Gasteiger partial charge is 0.457 e. The van der Waals surface area contributed by atoms with Crippen molar-refractivity contribution in [3.05, 3.63) is 57.0 Å². The van der Waals surface area contributed by atoms with Crippen LogP contribution in [0.1, 0.15) is 26.7 Å². The summed E-state index contributed by atoms with van der Waals surface area (Å²) >= 11 is 1.60. The first-order valence-corrected chi connectivity index (χ1v) is 8.41. The number of rotatable bonds is 5. The normalized spacial score (nSPS) is 10.8. The van der Waals surface area contributed by atoms with Gasteiger partial charge in [-0.05, 0) is 54.5 Å². The first-order chi connectivity index (χ1) is 11.5. The van der Waals surface area contributed by atoms with Crippen LogP contribution in [0.5, 0.6) is 0 Å². The highest BCUT2D eigenvalue weighted by atomic mass is 32.1. The molecular formula is C17H18N4O2S. The molecule has 0 bridgehead atoms. The molecule has 0 unspecified atom stereocenters. The fourth-order valence-electron chi connectivity index (χ4n) is 2.53. The molecule has 0 aliphatic heterocycles. The van der Waals surface area contributed by atoms with Crippen LogP contribution < -0.4 is 0 Å². The van der Waals surface area contributed by atoms with E-state index in [2.05, 4.69) is 15.5 Å². The van der Waals surface area contributed by atoms with Crippen molar-refractivity contribution in [2.24, 2.45) is 0 Å². The highest BCUT2D eigenvalue weighted by Crippen LogP contribution is 2.19. The average Bonchev–Trinajstić information content (AvgIpc) is 3.14. The van der Waals surface area contributed by atoms with Crippen molar-refractivity contribution in [2.75, 3.05) is 0 Å². The molecule has 1 aromatic carbocycles. The van der Waals surface area contributed by atoms with Gasteiger partial charge >= 0.3 is 5.97 Å². The Labute approximate surface area is 144 Å². The summed E-state index contributed by atoms with van der Waals surface area (Å²) in [5.41, 5.74) is 3.04. The molecule has 0 aliphatic carbocycles. The molecule has 0 saturated heterocycles. The number of esters is 1. The molecule has 0 radical (unpaired) electrons. The maximum absolute atomic E-state index is 12.0. The lowest BCUT2D eigenvalue weighted by Crippen LogP contribution is -2.12. The summed E-state index contributed by atoms with van der Waals surface area (Å²) in [4.78, 5) is 14.2. The van der Waals surface area contributed by atoms with Gasteiger partial charge in [0.05, 0.1) is 12.1 Å². The minimum Gasteiger partial charge on any atom is -0.457 e. The van der Waals surface area contributed by atoms with Crippen LogP contribution in [0.3, 0.4) is 0 Å². The van der Waals surface area contributed by atoms with Crippen molar-refractivity contribution < 1.29 is 9.53 Å². The van der Waals surface area contributed by atoms with E-state index >= 15 is 0 Å². The Bertz CT molecular complexity index is 849. The Morgan fingerprint density at radius 3 is 2.58 bits per heavy atom. The Balaban J connectivity index is 1.71. The highest BCUT2D eigenvalue weighted by Gasteiger charge is 2.15. The van der Waals surface area contributed by atoms with Crippen LogP contribution >= 0.6 is 11.3 Å². The zero-order valence-corrected chi connectivity index (χ0v) is 14.6. The van der Waals surface area contributed by atoms with E-state index < -0.39 is 0 Å². The summed E-state index contributed by atoms with van der Waals surface area (Å²) in [5, 5.41) is 11.7. The Morgan fingerprint density at radius 1 is 1.17 bits per heavy atom. The molecule has 2 aromatic heterocycles. The molecule has 0 spiro atoms. The Morgan fingerprint density at radius 2 is 1.92 bits per heavy atom. The van der Waals surface area contributed by atoms with Gasteiger partial charge in [-0.1, -0.05) is 18.2 Å². The van der Waals surface area contributed by atoms with Crippen molar-refractivity contribution in [1.82, 2.24) is 20.2 Å². The van der Waals surface area contributed by atoms with Crippen LogP contribution in [0.4, 0.5) is 0 Å². The van der Waals surface area contributed by atoms with E-state index in [0.717, 1.165) is 21.7 Å². The number of nitrogens with zero attached hydrogens (tertiary/aromatic N) is 4. The van der Waals surface area contributed by atoms with Gasteiger partial charge in [0.1, 0.15) is 0 Å². The molecule has 2 heterocycles. The topological polar surface area (TPSA) is 69.9 Å². The third-order valence-corrected chi connectivity index (χ3v) is 4.66. The molecule has 0 N–H and O–H groups in total. The van der Waals surface area contributed by atoms with Gasteiger partial charge in [-0.15, -0.1) is 16.4 Å². The maximum Gasteiger partial charge on any atom is 0.311 e. The van der Waals surface area contributed by atoms with Crippen molar-refractivity contribution in [3.8, 4) is 5.69 Å². The molecule has 0 saturated carbocycles. The summed E-state index contributed by atoms with van der Waals surface area (Å²) in [6.45, 7) is 6.06. The second-order valence-corrected chi connectivity index (χ2v) is 6.97. The number of aryl methyl sites for hydroxylation is 3. The van der Waals surface area contributed by atoms with Crippen LogP contribution in [0, 0.1) is 20.8 Å². The minimum absolute atomic E-state index is 0.0456. The van der Waals surface area contributed by atoms with Gasteiger partial charge in [-0.3, -0.25) is 4.79 Å². The molecule has 3 rings (SSSR count). The standard InChI is InChI=1S/C17H18N4O2S/c1-11-5-4-6-12(2)17(11)21-15(18-19-20-21)10-23-16(22)9-14-8-7-13(3)24-14/h4-8H,9-10H2,1-3H3. The molecular weight excluding hydrogens is 324 g/mol. The molecule has 0 amide bonds. The minimum atomic E-state index is -0.284. The molecule has 0 atom stereocenters. The summed E-state index contributed by atoms with van der Waals surface area (Å²) < 4.78 is 6.98. The van der Waals surface area contributed by atoms with Gasteiger partial charge in [0.25, 0.3) is 0 Å². The van der Waals surface area contributed by atoms with E-state index in [4.69, 9.17) is 4.74 Å². The Hall–Kier alpha value is -2.54. The first kappa shape index (κ1) is 16.3. The van der Waals surface area contributed by atoms with Crippen LogP contribution in [0.2, 0.25) is 0 Å². The number of benzene rings is 1. The number of hydrogen-bond acceptors (Lipinski definition) is 6. The van der Waals surface area contributed by atoms with Gasteiger partial charge in [0.15, 0.2) is 12.4 Å². The molecule has 7 heteroatoms. The molecule has 3 aromatic rings. The van der Waals surface area contributed by atoms with E-state index in [1.165, 1.54) is 4.88 Å². The molecule has 124 valence electrons. The number of thiophene rings is 1. The van der Waals surface area contributed by atoms with Crippen molar-refractivity contribution in [3.63, 3.8) is 0 Å². The smallest absolute Gasteiger partial charge is 0.311 e. The number of ether oxygens (including phenoxy) is 1. The van der Waals surface area contributed by atoms with E-state index in [1.54, 1.807) is 16.0 Å². The Kier molecular flexibility index (Phi) is 4.71. The zero-order valence-electron chi connectivity index (χ0n) is 13.8. The maximum atomic E-state index is 12.0. The average molecular weight is 342 g/mol. The van der Waals surface area contributed by atoms with E-state index in [-0.39, 0.29) is 19.0 Å². The highest BCUT2D eigenvalue weighted by molar-refractivity contribution is 7.12. The van der Waals surface area contributed by atoms with Crippen LogP contribution in [0.25, 0.3) is 5.69 Å². The molecule has 0 aliphatic rings. The fourth-order valence-corrected chi connectivity index (χ4v) is 3.40. The van der Waals surface area contributed by atoms with Crippen LogP contribution in [-0.4, -0.2) is 26.2 Å². The first-order valence-electron chi connectivity index (χ1n) is 7.59. The van der Waals surface area contributed by atoms with E-state index in [9.17, 15) is 4.79 Å². The predicted molar refractivity (Wildman–Crippen MR) is 91.2 cm³/mol. The lowest BCUT2D eigenvalue weighted by atomic mass is 10.1. The number of carbonyl (C=O) groups is 1. The van der Waals surface area contributed by atoms with Crippen molar-refractivity contribution >= 4 is 17.3 Å². The van der Waals surface area contributed by atoms with E-state index in [1.807, 2.05) is 51.1 Å². The van der Waals surface area contributed by atoms with Gasteiger partial charge in [-0.25, -0.2) is 0 Å². The molecule has 24 heavy (non-hydrogen) atoms. The van der Waals surface area contributed by atoms with Crippen molar-refractivity contribution in [1.29, 1.82) is 0 Å². The van der Waals surface area contributed by atoms with Gasteiger partial charge in [0.2, 0.25) is 0 Å². The zero-order chi connectivity index (χ0) is 17.1. The molecule has 0 fully saturated rings. The number of tetrazole rings is 1. The summed E-state index contributed by atoms with van der Waals surface area (Å²) in [5.74, 6) is 0.219. The number of carbonyl (C=O) groups excluding carboxylic acids is 1. The summed E-state index contributed by atoms with van der Waals surface area (Å²) in [6, 6.07) is 9.93. The van der Waals surface area contributed by atoms with Gasteiger partial charge < -0.3 is 4.74 Å². The fraction of sp³-hybridized carbons (Fsp3) is 0.294. The quantitative estimate of drug-likeness (QED) is 0.667. The second-order valence-electron chi connectivity index (χ2n) is 5.60. The summed E-state index contributed by atoms with van der Waals surface area (Å²) in [6.07, 6.45) is 0.267. The van der Waals surface area contributed by atoms with Crippen LogP contribution in [0.15, 0.2) is 30.3 Å². The monoisotopic (exact) mass is 342 g/mol. The molecule has 6 nitrogen and oxygen atoms in total.